The SMILES string of the molecule is C=C(Cl)CNCCOc1cccc(C)c1. The lowest BCUT2D eigenvalue weighted by Crippen LogP contribution is -2.22. The highest BCUT2D eigenvalue weighted by Crippen LogP contribution is 2.11. The third-order valence-corrected chi connectivity index (χ3v) is 1.99. The molecule has 2 nitrogen and oxygen atoms in total. The Hall–Kier alpha value is -0.990. The largest absolute Gasteiger partial charge is 0.492 e. The number of aryl methyl sites for hydroxylation is 1. The number of benzene rings is 1. The molecule has 15 heavy (non-hydrogen) atoms. The van der Waals surface area contributed by atoms with E-state index in [0.29, 0.717) is 18.2 Å². The van der Waals surface area contributed by atoms with E-state index in [2.05, 4.69) is 11.9 Å². The van der Waals surface area contributed by atoms with E-state index < -0.39 is 0 Å². The Kier molecular flexibility index (Phi) is 5.22. The maximum Gasteiger partial charge on any atom is 0.119 e. The standard InChI is InChI=1S/C12H16ClNO/c1-10-4-3-5-12(8-10)15-7-6-14-9-11(2)13/h3-5,8,14H,2,6-7,9H2,1H3. The van der Waals surface area contributed by atoms with Crippen LogP contribution in [0.4, 0.5) is 0 Å². The highest BCUT2D eigenvalue weighted by Gasteiger charge is 1.93. The number of nitrogens with one attached hydrogen (secondary N) is 1. The number of hydrogen-bond acceptors (Lipinski definition) is 2. The predicted octanol–water partition coefficient (Wildman–Crippen LogP) is 2.72. The molecule has 1 aromatic rings. The van der Waals surface area contributed by atoms with Crippen LogP contribution in [0.5, 0.6) is 5.75 Å². The van der Waals surface area contributed by atoms with Crippen LogP contribution >= 0.6 is 11.6 Å². The van der Waals surface area contributed by atoms with Crippen molar-refractivity contribution in [1.82, 2.24) is 5.32 Å². The first-order valence-corrected chi connectivity index (χ1v) is 5.30. The molecule has 0 saturated carbocycles. The summed E-state index contributed by atoms with van der Waals surface area (Å²) in [6, 6.07) is 8.00. The van der Waals surface area contributed by atoms with Crippen LogP contribution in [0, 0.1) is 6.92 Å². The average Bonchev–Trinajstić information content (AvgIpc) is 2.17. The summed E-state index contributed by atoms with van der Waals surface area (Å²) >= 11 is 5.60. The van der Waals surface area contributed by atoms with E-state index in [-0.39, 0.29) is 0 Å². The molecule has 0 aliphatic rings. The van der Waals surface area contributed by atoms with Gasteiger partial charge in [0, 0.05) is 18.1 Å². The lowest BCUT2D eigenvalue weighted by Gasteiger charge is -2.07. The summed E-state index contributed by atoms with van der Waals surface area (Å²) in [5.74, 6) is 0.904. The first kappa shape index (κ1) is 12.1. The molecule has 0 unspecified atom stereocenters. The molecule has 0 spiro atoms. The zero-order valence-corrected chi connectivity index (χ0v) is 9.68. The van der Waals surface area contributed by atoms with Crippen molar-refractivity contribution in [1.29, 1.82) is 0 Å². The van der Waals surface area contributed by atoms with Crippen LogP contribution in [-0.2, 0) is 0 Å². The Morgan fingerprint density at radius 2 is 2.33 bits per heavy atom. The van der Waals surface area contributed by atoms with Crippen LogP contribution in [0.3, 0.4) is 0 Å². The van der Waals surface area contributed by atoms with Crippen LogP contribution in [0.25, 0.3) is 0 Å². The second-order valence-corrected chi connectivity index (χ2v) is 3.89. The topological polar surface area (TPSA) is 21.3 Å². The second-order valence-electron chi connectivity index (χ2n) is 3.36. The minimum Gasteiger partial charge on any atom is -0.492 e. The van der Waals surface area contributed by atoms with Gasteiger partial charge in [-0.05, 0) is 24.6 Å². The Bertz CT molecular complexity index is 325. The maximum absolute atomic E-state index is 5.60. The number of rotatable bonds is 6. The van der Waals surface area contributed by atoms with Gasteiger partial charge in [-0.25, -0.2) is 0 Å². The van der Waals surface area contributed by atoms with Crippen molar-refractivity contribution in [2.24, 2.45) is 0 Å². The molecule has 0 atom stereocenters. The lowest BCUT2D eigenvalue weighted by molar-refractivity contribution is 0.316. The van der Waals surface area contributed by atoms with Crippen molar-refractivity contribution in [2.45, 2.75) is 6.92 Å². The van der Waals surface area contributed by atoms with Crippen molar-refractivity contribution < 1.29 is 4.74 Å². The first-order valence-electron chi connectivity index (χ1n) is 4.92. The molecule has 0 radical (unpaired) electrons. The summed E-state index contributed by atoms with van der Waals surface area (Å²) in [7, 11) is 0. The Morgan fingerprint density at radius 3 is 3.00 bits per heavy atom. The van der Waals surface area contributed by atoms with Crippen molar-refractivity contribution in [3.63, 3.8) is 0 Å². The van der Waals surface area contributed by atoms with Gasteiger partial charge in [0.1, 0.15) is 12.4 Å². The van der Waals surface area contributed by atoms with Crippen molar-refractivity contribution in [3.05, 3.63) is 41.4 Å². The van der Waals surface area contributed by atoms with Gasteiger partial charge < -0.3 is 10.1 Å². The number of halogens is 1. The molecule has 82 valence electrons. The van der Waals surface area contributed by atoms with E-state index >= 15 is 0 Å². The number of hydrogen-bond donors (Lipinski definition) is 1. The highest BCUT2D eigenvalue weighted by atomic mass is 35.5. The van der Waals surface area contributed by atoms with E-state index in [1.165, 1.54) is 5.56 Å². The molecule has 1 N–H and O–H groups in total. The first-order chi connectivity index (χ1) is 7.18. The van der Waals surface area contributed by atoms with Crippen LogP contribution in [-0.4, -0.2) is 19.7 Å². The summed E-state index contributed by atoms with van der Waals surface area (Å²) in [4.78, 5) is 0. The zero-order chi connectivity index (χ0) is 11.1. The molecule has 0 amide bonds. The van der Waals surface area contributed by atoms with Crippen molar-refractivity contribution in [3.8, 4) is 5.75 Å². The van der Waals surface area contributed by atoms with Gasteiger partial charge in [-0.15, -0.1) is 0 Å². The smallest absolute Gasteiger partial charge is 0.119 e. The monoisotopic (exact) mass is 225 g/mol. The second kappa shape index (κ2) is 6.49. The van der Waals surface area contributed by atoms with E-state index in [1.54, 1.807) is 0 Å². The predicted molar refractivity (Wildman–Crippen MR) is 64.5 cm³/mol. The van der Waals surface area contributed by atoms with E-state index in [4.69, 9.17) is 16.3 Å². The van der Waals surface area contributed by atoms with Gasteiger partial charge >= 0.3 is 0 Å². The van der Waals surface area contributed by atoms with Crippen LogP contribution in [0.1, 0.15) is 5.56 Å². The highest BCUT2D eigenvalue weighted by molar-refractivity contribution is 6.29. The fourth-order valence-corrected chi connectivity index (χ4v) is 1.26. The fourth-order valence-electron chi connectivity index (χ4n) is 1.17. The summed E-state index contributed by atoms with van der Waals surface area (Å²) in [5.41, 5.74) is 1.20. The minimum atomic E-state index is 0.616. The minimum absolute atomic E-state index is 0.616. The zero-order valence-electron chi connectivity index (χ0n) is 8.92. The van der Waals surface area contributed by atoms with Gasteiger partial charge in [0.25, 0.3) is 0 Å². The fraction of sp³-hybridized carbons (Fsp3) is 0.333. The van der Waals surface area contributed by atoms with Gasteiger partial charge in [0.15, 0.2) is 0 Å². The molecule has 0 aliphatic carbocycles. The molecule has 0 saturated heterocycles. The van der Waals surface area contributed by atoms with Crippen LogP contribution < -0.4 is 10.1 Å². The Morgan fingerprint density at radius 1 is 1.53 bits per heavy atom. The van der Waals surface area contributed by atoms with E-state index in [0.717, 1.165) is 12.3 Å². The van der Waals surface area contributed by atoms with Gasteiger partial charge in [-0.2, -0.15) is 0 Å². The van der Waals surface area contributed by atoms with E-state index in [9.17, 15) is 0 Å². The summed E-state index contributed by atoms with van der Waals surface area (Å²) in [5, 5.41) is 3.73. The maximum atomic E-state index is 5.60. The normalized spacial score (nSPS) is 10.0. The molecule has 0 fully saturated rings. The molecule has 0 bridgehead atoms. The molecule has 1 aromatic carbocycles. The Labute approximate surface area is 95.9 Å². The van der Waals surface area contributed by atoms with Crippen LogP contribution in [0.15, 0.2) is 35.9 Å². The van der Waals surface area contributed by atoms with Crippen LogP contribution in [0.2, 0.25) is 0 Å². The molecular formula is C12H16ClNO. The van der Waals surface area contributed by atoms with Gasteiger partial charge in [0.2, 0.25) is 0 Å². The van der Waals surface area contributed by atoms with Gasteiger partial charge in [-0.1, -0.05) is 30.3 Å². The number of ether oxygens (including phenoxy) is 1. The molecule has 0 heterocycles. The molecule has 3 heteroatoms. The lowest BCUT2D eigenvalue weighted by atomic mass is 10.2. The molecule has 0 aliphatic heterocycles. The average molecular weight is 226 g/mol. The van der Waals surface area contributed by atoms with E-state index in [1.807, 2.05) is 31.2 Å². The summed E-state index contributed by atoms with van der Waals surface area (Å²) < 4.78 is 5.53. The van der Waals surface area contributed by atoms with Gasteiger partial charge in [-0.3, -0.25) is 0 Å². The molecule has 0 aromatic heterocycles. The molecule has 1 rings (SSSR count). The summed E-state index contributed by atoms with van der Waals surface area (Å²) in [6.45, 7) is 7.65. The molecular weight excluding hydrogens is 210 g/mol. The third kappa shape index (κ3) is 5.45. The Balaban J connectivity index is 2.17. The van der Waals surface area contributed by atoms with Crippen molar-refractivity contribution in [2.75, 3.05) is 19.7 Å². The summed E-state index contributed by atoms with van der Waals surface area (Å²) in [6.07, 6.45) is 0. The van der Waals surface area contributed by atoms with Gasteiger partial charge in [0.05, 0.1) is 0 Å². The quantitative estimate of drug-likeness (QED) is 0.752. The van der Waals surface area contributed by atoms with Crippen molar-refractivity contribution >= 4 is 11.6 Å². The third-order valence-electron chi connectivity index (χ3n) is 1.85.